The van der Waals surface area contributed by atoms with Gasteiger partial charge in [-0.25, -0.2) is 0 Å². The first-order valence-electron chi connectivity index (χ1n) is 9.60. The van der Waals surface area contributed by atoms with E-state index in [0.29, 0.717) is 0 Å². The number of nitrogens with zero attached hydrogens (tertiary/aromatic N) is 1. The fraction of sp³-hybridized carbons (Fsp3) is 0.900. The molecule has 0 unspecified atom stereocenters. The quantitative estimate of drug-likeness (QED) is 0.205. The second-order valence-electron chi connectivity index (χ2n) is 6.65. The highest BCUT2D eigenvalue weighted by molar-refractivity contribution is 5.85. The highest BCUT2D eigenvalue weighted by Gasteiger charge is 1.96. The van der Waals surface area contributed by atoms with Crippen molar-refractivity contribution in [2.24, 2.45) is 0 Å². The first-order valence-corrected chi connectivity index (χ1v) is 9.60. The van der Waals surface area contributed by atoms with Crippen LogP contribution in [0.3, 0.4) is 0 Å². The summed E-state index contributed by atoms with van der Waals surface area (Å²) in [6, 6.07) is 0. The van der Waals surface area contributed by atoms with Gasteiger partial charge in [0.2, 0.25) is 0 Å². The number of halogens is 1. The molecule has 2 heteroatoms. The monoisotopic (exact) mass is 331 g/mol. The zero-order valence-corrected chi connectivity index (χ0v) is 16.3. The molecule has 0 atom stereocenters. The highest BCUT2D eigenvalue weighted by atomic mass is 35.5. The second kappa shape index (κ2) is 21.0. The third kappa shape index (κ3) is 20.0. The molecule has 0 aliphatic carbocycles. The summed E-state index contributed by atoms with van der Waals surface area (Å²) in [6.07, 6.45) is 22.1. The van der Waals surface area contributed by atoms with Crippen molar-refractivity contribution < 1.29 is 0 Å². The predicted octanol–water partition coefficient (Wildman–Crippen LogP) is 7.01. The molecular formula is C20H42ClN. The molecule has 22 heavy (non-hydrogen) atoms. The molecule has 0 bridgehead atoms. The molecule has 0 fully saturated rings. The Kier molecular flexibility index (Phi) is 23.1. The Hall–Kier alpha value is -0.0100. The number of unbranched alkanes of at least 4 members (excludes halogenated alkanes) is 13. The van der Waals surface area contributed by atoms with Crippen molar-refractivity contribution in [3.05, 3.63) is 12.7 Å². The van der Waals surface area contributed by atoms with Crippen molar-refractivity contribution in [2.75, 3.05) is 20.1 Å². The van der Waals surface area contributed by atoms with Gasteiger partial charge in [0, 0.05) is 6.54 Å². The van der Waals surface area contributed by atoms with Gasteiger partial charge in [-0.2, -0.15) is 0 Å². The molecule has 0 rings (SSSR count). The normalized spacial score (nSPS) is 10.7. The van der Waals surface area contributed by atoms with E-state index < -0.39 is 0 Å². The second-order valence-corrected chi connectivity index (χ2v) is 6.65. The van der Waals surface area contributed by atoms with Gasteiger partial charge in [-0.15, -0.1) is 19.0 Å². The molecule has 0 aromatic carbocycles. The predicted molar refractivity (Wildman–Crippen MR) is 105 cm³/mol. The minimum Gasteiger partial charge on any atom is -0.303 e. The fourth-order valence-electron chi connectivity index (χ4n) is 2.89. The van der Waals surface area contributed by atoms with Gasteiger partial charge < -0.3 is 4.90 Å². The van der Waals surface area contributed by atoms with E-state index in [2.05, 4.69) is 25.5 Å². The highest BCUT2D eigenvalue weighted by Crippen LogP contribution is 2.12. The maximum absolute atomic E-state index is 3.78. The Bertz CT molecular complexity index is 206. The van der Waals surface area contributed by atoms with Gasteiger partial charge in [-0.1, -0.05) is 96.5 Å². The van der Waals surface area contributed by atoms with E-state index in [0.717, 1.165) is 6.54 Å². The van der Waals surface area contributed by atoms with Crippen LogP contribution in [-0.4, -0.2) is 25.0 Å². The van der Waals surface area contributed by atoms with E-state index in [9.17, 15) is 0 Å². The lowest BCUT2D eigenvalue weighted by molar-refractivity contribution is 0.356. The third-order valence-electron chi connectivity index (χ3n) is 4.33. The van der Waals surface area contributed by atoms with Crippen LogP contribution >= 0.6 is 12.4 Å². The van der Waals surface area contributed by atoms with Crippen LogP contribution in [0, 0.1) is 0 Å². The topological polar surface area (TPSA) is 3.24 Å². The van der Waals surface area contributed by atoms with Crippen LogP contribution < -0.4 is 0 Å². The van der Waals surface area contributed by atoms with E-state index in [1.807, 2.05) is 6.08 Å². The maximum Gasteiger partial charge on any atom is 0.0157 e. The maximum atomic E-state index is 3.78. The molecule has 134 valence electrons. The van der Waals surface area contributed by atoms with Crippen molar-refractivity contribution in [3.63, 3.8) is 0 Å². The minimum absolute atomic E-state index is 0. The van der Waals surface area contributed by atoms with E-state index >= 15 is 0 Å². The number of hydrogen-bond acceptors (Lipinski definition) is 1. The summed E-state index contributed by atoms with van der Waals surface area (Å²) in [5, 5.41) is 0. The first-order chi connectivity index (χ1) is 10.3. The van der Waals surface area contributed by atoms with Crippen molar-refractivity contribution in [1.29, 1.82) is 0 Å². The Morgan fingerprint density at radius 3 is 1.41 bits per heavy atom. The smallest absolute Gasteiger partial charge is 0.0157 e. The average molecular weight is 332 g/mol. The minimum atomic E-state index is 0. The standard InChI is InChI=1S/C20H41N.ClH/c1-4-6-7-8-9-10-11-12-13-14-15-16-17-18-20-21(3)19-5-2;/h5H,2,4,6-20H2,1,3H3;1H. The summed E-state index contributed by atoms with van der Waals surface area (Å²) in [5.74, 6) is 0. The third-order valence-corrected chi connectivity index (χ3v) is 4.33. The molecule has 0 spiro atoms. The molecule has 0 N–H and O–H groups in total. The lowest BCUT2D eigenvalue weighted by Crippen LogP contribution is -2.19. The molecule has 0 amide bonds. The number of likely N-dealkylation sites (N-methyl/N-ethyl adjacent to an activating group) is 1. The Balaban J connectivity index is 0. The van der Waals surface area contributed by atoms with Crippen LogP contribution in [0.25, 0.3) is 0 Å². The van der Waals surface area contributed by atoms with Crippen LogP contribution in [0.1, 0.15) is 96.8 Å². The van der Waals surface area contributed by atoms with Gasteiger partial charge >= 0.3 is 0 Å². The molecule has 0 radical (unpaired) electrons. The van der Waals surface area contributed by atoms with Crippen molar-refractivity contribution in [2.45, 2.75) is 96.8 Å². The molecular weight excluding hydrogens is 290 g/mol. The lowest BCUT2D eigenvalue weighted by atomic mass is 10.0. The first kappa shape index (κ1) is 24.2. The van der Waals surface area contributed by atoms with Crippen LogP contribution in [0.2, 0.25) is 0 Å². The van der Waals surface area contributed by atoms with Gasteiger partial charge in [-0.05, 0) is 20.0 Å². The van der Waals surface area contributed by atoms with Gasteiger partial charge in [0.05, 0.1) is 0 Å². The van der Waals surface area contributed by atoms with Crippen molar-refractivity contribution in [3.8, 4) is 0 Å². The summed E-state index contributed by atoms with van der Waals surface area (Å²) >= 11 is 0. The molecule has 0 aliphatic heterocycles. The van der Waals surface area contributed by atoms with Crippen LogP contribution in [0.5, 0.6) is 0 Å². The number of hydrogen-bond donors (Lipinski definition) is 0. The molecule has 0 heterocycles. The molecule has 0 aromatic heterocycles. The summed E-state index contributed by atoms with van der Waals surface area (Å²) < 4.78 is 0. The summed E-state index contributed by atoms with van der Waals surface area (Å²) in [6.45, 7) is 8.32. The molecule has 0 aliphatic rings. The van der Waals surface area contributed by atoms with Gasteiger partial charge in [0.1, 0.15) is 0 Å². The molecule has 0 aromatic rings. The molecule has 1 nitrogen and oxygen atoms in total. The van der Waals surface area contributed by atoms with Gasteiger partial charge in [0.15, 0.2) is 0 Å². The SMILES string of the molecule is C=CCN(C)CCCCCCCCCCCCCCCC.Cl. The Labute approximate surface area is 147 Å². The van der Waals surface area contributed by atoms with Crippen LogP contribution in [0.15, 0.2) is 12.7 Å². The van der Waals surface area contributed by atoms with Gasteiger partial charge in [-0.3, -0.25) is 0 Å². The average Bonchev–Trinajstić information content (AvgIpc) is 2.48. The largest absolute Gasteiger partial charge is 0.303 e. The summed E-state index contributed by atoms with van der Waals surface area (Å²) in [4.78, 5) is 2.35. The Morgan fingerprint density at radius 1 is 0.682 bits per heavy atom. The lowest BCUT2D eigenvalue weighted by Gasteiger charge is -2.13. The van der Waals surface area contributed by atoms with Crippen LogP contribution in [-0.2, 0) is 0 Å². The summed E-state index contributed by atoms with van der Waals surface area (Å²) in [5.41, 5.74) is 0. The zero-order chi connectivity index (χ0) is 15.6. The molecule has 0 saturated carbocycles. The van der Waals surface area contributed by atoms with Crippen molar-refractivity contribution >= 4 is 12.4 Å². The Morgan fingerprint density at radius 2 is 1.05 bits per heavy atom. The van der Waals surface area contributed by atoms with E-state index in [1.165, 1.54) is 96.4 Å². The van der Waals surface area contributed by atoms with E-state index in [1.54, 1.807) is 0 Å². The number of rotatable bonds is 17. The zero-order valence-electron chi connectivity index (χ0n) is 15.5. The van der Waals surface area contributed by atoms with Gasteiger partial charge in [0.25, 0.3) is 0 Å². The van der Waals surface area contributed by atoms with Crippen molar-refractivity contribution in [1.82, 2.24) is 4.90 Å². The fourth-order valence-corrected chi connectivity index (χ4v) is 2.89. The summed E-state index contributed by atoms with van der Waals surface area (Å²) in [7, 11) is 2.18. The van der Waals surface area contributed by atoms with E-state index in [4.69, 9.17) is 0 Å². The molecule has 0 saturated heterocycles. The van der Waals surface area contributed by atoms with E-state index in [-0.39, 0.29) is 12.4 Å². The van der Waals surface area contributed by atoms with Crippen LogP contribution in [0.4, 0.5) is 0 Å².